The highest BCUT2D eigenvalue weighted by Crippen LogP contribution is 2.40. The molecule has 1 atom stereocenters. The number of rotatable bonds is 11. The van der Waals surface area contributed by atoms with E-state index in [1.165, 1.54) is 0 Å². The van der Waals surface area contributed by atoms with Crippen molar-refractivity contribution in [3.63, 3.8) is 0 Å². The van der Waals surface area contributed by atoms with Gasteiger partial charge in [0.15, 0.2) is 11.5 Å². The molecule has 0 radical (unpaired) electrons. The summed E-state index contributed by atoms with van der Waals surface area (Å²) in [5, 5.41) is 0. The number of Topliss-reactive ketones (excluding diaryl/α,β-unsaturated/α-hetero) is 1. The van der Waals surface area contributed by atoms with E-state index in [2.05, 4.69) is 32.8 Å². The molecule has 0 spiro atoms. The van der Waals surface area contributed by atoms with E-state index in [0.717, 1.165) is 28.7 Å². The third-order valence-corrected chi connectivity index (χ3v) is 6.39. The van der Waals surface area contributed by atoms with Gasteiger partial charge in [-0.2, -0.15) is 0 Å². The fourth-order valence-corrected chi connectivity index (χ4v) is 4.41. The number of ketones is 1. The van der Waals surface area contributed by atoms with Crippen LogP contribution in [0.1, 0.15) is 54.0 Å². The Balaban J connectivity index is 1.72. The first-order valence-corrected chi connectivity index (χ1v) is 12.4. The van der Waals surface area contributed by atoms with Crippen LogP contribution in [0.4, 0.5) is 0 Å². The standard InChI is InChI=1S/C27H28BrN3O3/c1-2-3-18-34-26-23(25(32)20-8-5-4-6-9-20)24(19-11-13-21(28)14-12-19)31(27(26)33)17-7-10-22-29-15-16-30-22/h4-6,8-9,11-16,24H,2-3,7,10,17-18H2,1H3,(H,29,30). The molecular formula is C27H28BrN3O3. The number of unbranched alkanes of at least 4 members (excludes halogenated alkanes) is 1. The molecule has 2 aromatic carbocycles. The number of aromatic nitrogens is 2. The summed E-state index contributed by atoms with van der Waals surface area (Å²) in [5.74, 6) is 0.637. The number of hydrogen-bond donors (Lipinski definition) is 1. The van der Waals surface area contributed by atoms with Crippen LogP contribution in [0.25, 0.3) is 0 Å². The SMILES string of the molecule is CCCCOC1=C(C(=O)c2ccccc2)C(c2ccc(Br)cc2)N(CCCc2ncc[nH]2)C1=O. The lowest BCUT2D eigenvalue weighted by atomic mass is 9.92. The molecule has 1 unspecified atom stereocenters. The summed E-state index contributed by atoms with van der Waals surface area (Å²) in [7, 11) is 0. The second-order valence-corrected chi connectivity index (χ2v) is 9.15. The number of ether oxygens (including phenoxy) is 1. The van der Waals surface area contributed by atoms with E-state index in [0.29, 0.717) is 37.1 Å². The van der Waals surface area contributed by atoms with Gasteiger partial charge in [0.05, 0.1) is 18.2 Å². The monoisotopic (exact) mass is 521 g/mol. The van der Waals surface area contributed by atoms with Crippen molar-refractivity contribution in [1.82, 2.24) is 14.9 Å². The Morgan fingerprint density at radius 3 is 2.56 bits per heavy atom. The molecule has 0 aliphatic carbocycles. The Bertz CT molecular complexity index is 1140. The van der Waals surface area contributed by atoms with Crippen molar-refractivity contribution in [2.24, 2.45) is 0 Å². The van der Waals surface area contributed by atoms with E-state index in [1.54, 1.807) is 29.4 Å². The van der Waals surface area contributed by atoms with E-state index in [-0.39, 0.29) is 17.4 Å². The molecule has 2 heterocycles. The topological polar surface area (TPSA) is 75.3 Å². The number of carbonyl (C=O) groups excluding carboxylic acids is 2. The van der Waals surface area contributed by atoms with Crippen LogP contribution in [0.15, 0.2) is 82.8 Å². The van der Waals surface area contributed by atoms with Crippen LogP contribution in [0.2, 0.25) is 0 Å². The van der Waals surface area contributed by atoms with Crippen molar-refractivity contribution in [2.45, 2.75) is 38.6 Å². The number of nitrogens with one attached hydrogen (secondary N) is 1. The predicted molar refractivity (Wildman–Crippen MR) is 134 cm³/mol. The third-order valence-electron chi connectivity index (χ3n) is 5.86. The minimum atomic E-state index is -0.512. The van der Waals surface area contributed by atoms with Gasteiger partial charge in [-0.15, -0.1) is 0 Å². The normalized spacial score (nSPS) is 15.8. The molecule has 1 N–H and O–H groups in total. The molecule has 1 aromatic heterocycles. The quantitative estimate of drug-likeness (QED) is 0.261. The number of amides is 1. The first-order chi connectivity index (χ1) is 16.6. The van der Waals surface area contributed by atoms with Gasteiger partial charge < -0.3 is 14.6 Å². The maximum atomic E-state index is 13.8. The Kier molecular flexibility index (Phi) is 7.95. The fourth-order valence-electron chi connectivity index (χ4n) is 4.15. The fraction of sp³-hybridized carbons (Fsp3) is 0.296. The van der Waals surface area contributed by atoms with Crippen LogP contribution >= 0.6 is 15.9 Å². The largest absolute Gasteiger partial charge is 0.488 e. The molecule has 1 aliphatic heterocycles. The average molecular weight is 522 g/mol. The number of aryl methyl sites for hydroxylation is 1. The van der Waals surface area contributed by atoms with Crippen molar-refractivity contribution >= 4 is 27.6 Å². The first-order valence-electron chi connectivity index (χ1n) is 11.6. The summed E-state index contributed by atoms with van der Waals surface area (Å²) in [6.45, 7) is 2.94. The molecule has 0 bridgehead atoms. The predicted octanol–water partition coefficient (Wildman–Crippen LogP) is 5.64. The van der Waals surface area contributed by atoms with Gasteiger partial charge in [-0.3, -0.25) is 9.59 Å². The van der Waals surface area contributed by atoms with Crippen LogP contribution in [0.3, 0.4) is 0 Å². The Labute approximate surface area is 208 Å². The number of hydrogen-bond acceptors (Lipinski definition) is 4. The molecule has 3 aromatic rings. The molecule has 4 rings (SSSR count). The minimum Gasteiger partial charge on any atom is -0.488 e. The molecule has 1 amide bonds. The Morgan fingerprint density at radius 1 is 1.12 bits per heavy atom. The van der Waals surface area contributed by atoms with Crippen molar-refractivity contribution in [2.75, 3.05) is 13.2 Å². The van der Waals surface area contributed by atoms with Gasteiger partial charge in [0.25, 0.3) is 5.91 Å². The summed E-state index contributed by atoms with van der Waals surface area (Å²) in [6.07, 6.45) is 6.67. The zero-order valence-corrected chi connectivity index (χ0v) is 20.8. The summed E-state index contributed by atoms with van der Waals surface area (Å²) < 4.78 is 6.94. The number of aromatic amines is 1. The van der Waals surface area contributed by atoms with Gasteiger partial charge >= 0.3 is 0 Å². The highest BCUT2D eigenvalue weighted by atomic mass is 79.9. The van der Waals surface area contributed by atoms with Crippen molar-refractivity contribution < 1.29 is 14.3 Å². The van der Waals surface area contributed by atoms with E-state index >= 15 is 0 Å². The Hall–Kier alpha value is -3.19. The van der Waals surface area contributed by atoms with Crippen LogP contribution in [-0.4, -0.2) is 39.7 Å². The average Bonchev–Trinajstić information content (AvgIpc) is 3.47. The Morgan fingerprint density at radius 2 is 1.88 bits per heavy atom. The van der Waals surface area contributed by atoms with Gasteiger partial charge in [-0.25, -0.2) is 4.98 Å². The molecule has 1 aliphatic rings. The minimum absolute atomic E-state index is 0.174. The van der Waals surface area contributed by atoms with Crippen LogP contribution in [0.5, 0.6) is 0 Å². The van der Waals surface area contributed by atoms with E-state index in [1.807, 2.05) is 42.5 Å². The van der Waals surface area contributed by atoms with E-state index in [9.17, 15) is 9.59 Å². The number of halogens is 1. The lowest BCUT2D eigenvalue weighted by Gasteiger charge is -2.27. The zero-order chi connectivity index (χ0) is 23.9. The van der Waals surface area contributed by atoms with Gasteiger partial charge in [-0.1, -0.05) is 71.7 Å². The summed E-state index contributed by atoms with van der Waals surface area (Å²) in [6, 6.07) is 16.4. The summed E-state index contributed by atoms with van der Waals surface area (Å²) in [5.41, 5.74) is 1.83. The highest BCUT2D eigenvalue weighted by molar-refractivity contribution is 9.10. The summed E-state index contributed by atoms with van der Waals surface area (Å²) in [4.78, 5) is 36.6. The second kappa shape index (κ2) is 11.3. The highest BCUT2D eigenvalue weighted by Gasteiger charge is 2.44. The molecule has 7 heteroatoms. The number of nitrogens with zero attached hydrogens (tertiary/aromatic N) is 2. The van der Waals surface area contributed by atoms with Gasteiger partial charge in [-0.05, 0) is 30.5 Å². The second-order valence-electron chi connectivity index (χ2n) is 8.23. The number of carbonyl (C=O) groups is 2. The zero-order valence-electron chi connectivity index (χ0n) is 19.2. The maximum absolute atomic E-state index is 13.8. The molecule has 34 heavy (non-hydrogen) atoms. The molecule has 6 nitrogen and oxygen atoms in total. The van der Waals surface area contributed by atoms with Crippen LogP contribution in [-0.2, 0) is 16.0 Å². The lowest BCUT2D eigenvalue weighted by molar-refractivity contribution is -0.130. The van der Waals surface area contributed by atoms with Crippen molar-refractivity contribution in [3.8, 4) is 0 Å². The molecular weight excluding hydrogens is 494 g/mol. The molecule has 0 saturated carbocycles. The van der Waals surface area contributed by atoms with E-state index in [4.69, 9.17) is 4.74 Å². The van der Waals surface area contributed by atoms with E-state index < -0.39 is 6.04 Å². The molecule has 0 saturated heterocycles. The molecule has 0 fully saturated rings. The lowest BCUT2D eigenvalue weighted by Crippen LogP contribution is -2.32. The van der Waals surface area contributed by atoms with Crippen molar-refractivity contribution in [3.05, 3.63) is 99.7 Å². The van der Waals surface area contributed by atoms with Crippen LogP contribution in [0, 0.1) is 0 Å². The summed E-state index contributed by atoms with van der Waals surface area (Å²) >= 11 is 3.49. The third kappa shape index (κ3) is 5.30. The smallest absolute Gasteiger partial charge is 0.290 e. The maximum Gasteiger partial charge on any atom is 0.290 e. The first kappa shape index (κ1) is 24.0. The van der Waals surface area contributed by atoms with Gasteiger partial charge in [0.2, 0.25) is 0 Å². The number of benzene rings is 2. The van der Waals surface area contributed by atoms with Gasteiger partial charge in [0.1, 0.15) is 5.82 Å². The number of H-pyrrole nitrogens is 1. The number of imidazole rings is 1. The van der Waals surface area contributed by atoms with Crippen molar-refractivity contribution in [1.29, 1.82) is 0 Å². The molecule has 176 valence electrons. The van der Waals surface area contributed by atoms with Crippen LogP contribution < -0.4 is 0 Å². The van der Waals surface area contributed by atoms with Gasteiger partial charge in [0, 0.05) is 35.4 Å².